The lowest BCUT2D eigenvalue weighted by Gasteiger charge is -2.49. The first-order chi connectivity index (χ1) is 14.9. The Balaban J connectivity index is 1.97. The van der Waals surface area contributed by atoms with Crippen molar-refractivity contribution in [1.82, 2.24) is 9.97 Å². The van der Waals surface area contributed by atoms with Crippen LogP contribution in [0.1, 0.15) is 43.3 Å². The Bertz CT molecular complexity index is 1200. The summed E-state index contributed by atoms with van der Waals surface area (Å²) in [5, 5.41) is 15.0. The van der Waals surface area contributed by atoms with Gasteiger partial charge in [0.2, 0.25) is 0 Å². The van der Waals surface area contributed by atoms with Gasteiger partial charge in [0, 0.05) is 22.8 Å². The van der Waals surface area contributed by atoms with Crippen LogP contribution in [0.2, 0.25) is 5.02 Å². The average molecular weight is 466 g/mol. The predicted octanol–water partition coefficient (Wildman–Crippen LogP) is 5.73. The summed E-state index contributed by atoms with van der Waals surface area (Å²) in [5.41, 5.74) is -2.33. The number of rotatable bonds is 3. The summed E-state index contributed by atoms with van der Waals surface area (Å²) in [6, 6.07) is 6.59. The standard InChI is InChI=1S/C23H23ClF3N3O2/c1-12-28-10-14-16(29-12)6-5-7-17(14)30-20-13-8-9-15(24)19(32-4)18(13)21(2,3)11-22(20,31)23(25,26)27/h5-10,20,30-31H,11H2,1-4H3. The summed E-state index contributed by atoms with van der Waals surface area (Å²) in [6.45, 7) is 5.02. The topological polar surface area (TPSA) is 67.3 Å². The van der Waals surface area contributed by atoms with Gasteiger partial charge >= 0.3 is 6.18 Å². The van der Waals surface area contributed by atoms with Crippen LogP contribution in [0.4, 0.5) is 18.9 Å². The van der Waals surface area contributed by atoms with Crippen LogP contribution < -0.4 is 10.1 Å². The third-order valence-electron chi connectivity index (χ3n) is 6.06. The molecule has 0 bridgehead atoms. The number of aryl methyl sites for hydroxylation is 1. The fourth-order valence-corrected chi connectivity index (χ4v) is 4.96. The number of alkyl halides is 3. The zero-order chi connectivity index (χ0) is 23.5. The average Bonchev–Trinajstić information content (AvgIpc) is 2.69. The van der Waals surface area contributed by atoms with E-state index >= 15 is 0 Å². The second-order valence-corrected chi connectivity index (χ2v) is 9.17. The normalized spacial score (nSPS) is 22.5. The molecule has 1 heterocycles. The second kappa shape index (κ2) is 7.49. The molecule has 9 heteroatoms. The minimum atomic E-state index is -4.90. The Hall–Kier alpha value is -2.58. The van der Waals surface area contributed by atoms with Crippen LogP contribution in [0.3, 0.4) is 0 Å². The molecule has 5 nitrogen and oxygen atoms in total. The van der Waals surface area contributed by atoms with Crippen molar-refractivity contribution in [3.63, 3.8) is 0 Å². The molecule has 4 rings (SSSR count). The number of benzene rings is 2. The van der Waals surface area contributed by atoms with Gasteiger partial charge in [0.15, 0.2) is 5.60 Å². The number of aromatic nitrogens is 2. The van der Waals surface area contributed by atoms with Gasteiger partial charge in [-0.2, -0.15) is 13.2 Å². The lowest BCUT2D eigenvalue weighted by atomic mass is 9.63. The molecule has 0 saturated carbocycles. The monoisotopic (exact) mass is 465 g/mol. The van der Waals surface area contributed by atoms with Gasteiger partial charge in [-0.3, -0.25) is 0 Å². The summed E-state index contributed by atoms with van der Waals surface area (Å²) in [7, 11) is 1.43. The molecule has 1 aliphatic carbocycles. The minimum Gasteiger partial charge on any atom is -0.495 e. The quantitative estimate of drug-likeness (QED) is 0.517. The van der Waals surface area contributed by atoms with E-state index in [0.717, 1.165) is 0 Å². The zero-order valence-electron chi connectivity index (χ0n) is 18.0. The molecular weight excluding hydrogens is 443 g/mol. The Morgan fingerprint density at radius 1 is 1.22 bits per heavy atom. The van der Waals surface area contributed by atoms with Crippen LogP contribution in [0, 0.1) is 6.92 Å². The number of halogens is 4. The number of methoxy groups -OCH3 is 1. The number of nitrogens with zero attached hydrogens (tertiary/aromatic N) is 2. The number of anilines is 1. The first-order valence-corrected chi connectivity index (χ1v) is 10.4. The van der Waals surface area contributed by atoms with Gasteiger partial charge in [-0.05, 0) is 42.5 Å². The second-order valence-electron chi connectivity index (χ2n) is 8.76. The summed E-state index contributed by atoms with van der Waals surface area (Å²) in [5.74, 6) is 0.854. The van der Waals surface area contributed by atoms with Gasteiger partial charge in [0.1, 0.15) is 11.6 Å². The van der Waals surface area contributed by atoms with Gasteiger partial charge in [0.25, 0.3) is 0 Å². The van der Waals surface area contributed by atoms with Crippen LogP contribution in [0.15, 0.2) is 36.5 Å². The van der Waals surface area contributed by atoms with Crippen molar-refractivity contribution in [2.24, 2.45) is 0 Å². The largest absolute Gasteiger partial charge is 0.495 e. The number of nitrogens with one attached hydrogen (secondary N) is 1. The Labute approximate surface area is 188 Å². The molecule has 32 heavy (non-hydrogen) atoms. The number of hydrogen-bond acceptors (Lipinski definition) is 5. The fourth-order valence-electron chi connectivity index (χ4n) is 4.72. The molecule has 1 aromatic heterocycles. The summed E-state index contributed by atoms with van der Waals surface area (Å²) < 4.78 is 48.6. The molecule has 1 aliphatic rings. The van der Waals surface area contributed by atoms with Crippen LogP contribution in [0.25, 0.3) is 10.9 Å². The Morgan fingerprint density at radius 2 is 1.94 bits per heavy atom. The van der Waals surface area contributed by atoms with E-state index in [2.05, 4.69) is 15.3 Å². The van der Waals surface area contributed by atoms with E-state index in [4.69, 9.17) is 16.3 Å². The molecule has 0 fully saturated rings. The van der Waals surface area contributed by atoms with Gasteiger partial charge in [-0.1, -0.05) is 37.6 Å². The van der Waals surface area contributed by atoms with Crippen LogP contribution >= 0.6 is 11.6 Å². The number of aliphatic hydroxyl groups is 1. The highest BCUT2D eigenvalue weighted by atomic mass is 35.5. The molecule has 2 atom stereocenters. The van der Waals surface area contributed by atoms with E-state index in [0.29, 0.717) is 38.8 Å². The van der Waals surface area contributed by atoms with Crippen molar-refractivity contribution in [1.29, 1.82) is 0 Å². The van der Waals surface area contributed by atoms with E-state index in [1.807, 2.05) is 0 Å². The molecule has 0 radical (unpaired) electrons. The third-order valence-corrected chi connectivity index (χ3v) is 6.36. The first-order valence-electron chi connectivity index (χ1n) is 10.0. The fraction of sp³-hybridized carbons (Fsp3) is 0.391. The highest BCUT2D eigenvalue weighted by Gasteiger charge is 2.64. The predicted molar refractivity (Wildman–Crippen MR) is 117 cm³/mol. The molecule has 170 valence electrons. The van der Waals surface area contributed by atoms with E-state index in [1.54, 1.807) is 45.2 Å². The lowest BCUT2D eigenvalue weighted by Crippen LogP contribution is -2.58. The molecule has 2 N–H and O–H groups in total. The highest BCUT2D eigenvalue weighted by Crippen LogP contribution is 2.57. The van der Waals surface area contributed by atoms with E-state index in [9.17, 15) is 18.3 Å². The van der Waals surface area contributed by atoms with Crippen LogP contribution in [-0.2, 0) is 5.41 Å². The summed E-state index contributed by atoms with van der Waals surface area (Å²) in [6.07, 6.45) is -3.92. The maximum absolute atomic E-state index is 14.4. The lowest BCUT2D eigenvalue weighted by molar-refractivity contribution is -0.275. The summed E-state index contributed by atoms with van der Waals surface area (Å²) in [4.78, 5) is 8.53. The van der Waals surface area contributed by atoms with Crippen molar-refractivity contribution in [3.8, 4) is 5.75 Å². The minimum absolute atomic E-state index is 0.271. The molecule has 2 aromatic carbocycles. The maximum atomic E-state index is 14.4. The third kappa shape index (κ3) is 3.46. The van der Waals surface area contributed by atoms with Crippen molar-refractivity contribution < 1.29 is 23.0 Å². The van der Waals surface area contributed by atoms with Gasteiger partial charge in [-0.25, -0.2) is 9.97 Å². The van der Waals surface area contributed by atoms with Crippen molar-refractivity contribution in [2.45, 2.75) is 50.4 Å². The van der Waals surface area contributed by atoms with E-state index in [1.165, 1.54) is 19.2 Å². The van der Waals surface area contributed by atoms with Gasteiger partial charge in [0.05, 0.1) is 23.7 Å². The smallest absolute Gasteiger partial charge is 0.419 e. The van der Waals surface area contributed by atoms with Crippen molar-refractivity contribution in [2.75, 3.05) is 12.4 Å². The number of ether oxygens (including phenoxy) is 1. The first kappa shape index (κ1) is 22.6. The highest BCUT2D eigenvalue weighted by molar-refractivity contribution is 6.32. The van der Waals surface area contributed by atoms with E-state index in [-0.39, 0.29) is 5.56 Å². The maximum Gasteiger partial charge on any atom is 0.419 e. The van der Waals surface area contributed by atoms with Crippen molar-refractivity contribution >= 4 is 28.2 Å². The SMILES string of the molecule is COc1c(Cl)ccc2c1C(C)(C)CC(O)(C(F)(F)F)C2Nc1cccc2nc(C)ncc12. The molecule has 3 aromatic rings. The van der Waals surface area contributed by atoms with E-state index < -0.39 is 29.7 Å². The number of hydrogen-bond donors (Lipinski definition) is 2. The molecule has 0 saturated heterocycles. The van der Waals surface area contributed by atoms with Crippen molar-refractivity contribution in [3.05, 3.63) is 58.5 Å². The zero-order valence-corrected chi connectivity index (χ0v) is 18.8. The molecule has 0 amide bonds. The summed E-state index contributed by atoms with van der Waals surface area (Å²) >= 11 is 6.30. The Morgan fingerprint density at radius 3 is 2.59 bits per heavy atom. The molecule has 0 aliphatic heterocycles. The van der Waals surface area contributed by atoms with Crippen LogP contribution in [-0.4, -0.2) is 34.0 Å². The molecule has 0 spiro atoms. The number of fused-ring (bicyclic) bond motifs is 2. The van der Waals surface area contributed by atoms with Gasteiger partial charge < -0.3 is 15.2 Å². The Kier molecular flexibility index (Phi) is 5.29. The van der Waals surface area contributed by atoms with Crippen LogP contribution in [0.5, 0.6) is 5.75 Å². The molecule has 2 unspecified atom stereocenters. The molecular formula is C23H23ClF3N3O2. The van der Waals surface area contributed by atoms with Gasteiger partial charge in [-0.15, -0.1) is 0 Å².